The quantitative estimate of drug-likeness (QED) is 0.772. The number of rotatable bonds is 5. The maximum absolute atomic E-state index is 14.7. The van der Waals surface area contributed by atoms with Gasteiger partial charge in [-0.15, -0.1) is 0 Å². The number of allylic oxidation sites excluding steroid dienone is 1. The zero-order valence-corrected chi connectivity index (χ0v) is 16.1. The largest absolute Gasteiger partial charge is 0.343 e. The molecule has 3 rings (SSSR count). The van der Waals surface area contributed by atoms with E-state index in [1.54, 1.807) is 0 Å². The predicted octanol–water partition coefficient (Wildman–Crippen LogP) is 4.54. The van der Waals surface area contributed by atoms with E-state index < -0.39 is 9.84 Å². The molecule has 0 aliphatic carbocycles. The number of anilines is 1. The first-order valence-corrected chi connectivity index (χ1v) is 10.6. The second-order valence-electron chi connectivity index (χ2n) is 6.91. The number of fused-ring (bicyclic) bond motifs is 1. The fourth-order valence-electron chi connectivity index (χ4n) is 3.49. The van der Waals surface area contributed by atoms with Crippen LogP contribution >= 0.6 is 0 Å². The summed E-state index contributed by atoms with van der Waals surface area (Å²) in [6.07, 6.45) is 1.45. The molecule has 0 aromatic heterocycles. The van der Waals surface area contributed by atoms with Crippen molar-refractivity contribution in [3.8, 4) is 0 Å². The molecule has 0 spiro atoms. The van der Waals surface area contributed by atoms with Crippen LogP contribution < -0.4 is 4.90 Å². The molecule has 0 unspecified atom stereocenters. The molecule has 5 heteroatoms. The Morgan fingerprint density at radius 2 is 1.73 bits per heavy atom. The fourth-order valence-corrected chi connectivity index (χ4v) is 4.97. The van der Waals surface area contributed by atoms with Crippen LogP contribution in [0.5, 0.6) is 0 Å². The fraction of sp³-hybridized carbons (Fsp3) is 0.333. The first kappa shape index (κ1) is 18.6. The number of benzene rings is 2. The van der Waals surface area contributed by atoms with Gasteiger partial charge in [0.05, 0.1) is 17.2 Å². The summed E-state index contributed by atoms with van der Waals surface area (Å²) >= 11 is 0. The molecule has 0 saturated heterocycles. The minimum Gasteiger partial charge on any atom is -0.343 e. The number of hydrogen-bond acceptors (Lipinski definition) is 3. The second-order valence-corrected chi connectivity index (χ2v) is 8.98. The molecular weight excluding hydrogens is 349 g/mol. The Morgan fingerprint density at radius 3 is 2.38 bits per heavy atom. The minimum atomic E-state index is -3.37. The summed E-state index contributed by atoms with van der Waals surface area (Å²) in [6, 6.07) is 10.6. The van der Waals surface area contributed by atoms with Crippen LogP contribution in [0.3, 0.4) is 0 Å². The van der Waals surface area contributed by atoms with Gasteiger partial charge in [-0.1, -0.05) is 42.5 Å². The predicted molar refractivity (Wildman–Crippen MR) is 104 cm³/mol. The molecule has 0 N–H and O–H groups in total. The van der Waals surface area contributed by atoms with Crippen molar-refractivity contribution in [3.63, 3.8) is 0 Å². The molecule has 1 heterocycles. The molecular formula is C21H24FNO2S. The molecule has 138 valence electrons. The highest BCUT2D eigenvalue weighted by Gasteiger charge is 2.24. The van der Waals surface area contributed by atoms with E-state index in [2.05, 4.69) is 6.58 Å². The van der Waals surface area contributed by atoms with Crippen molar-refractivity contribution in [1.82, 2.24) is 0 Å². The van der Waals surface area contributed by atoms with Crippen molar-refractivity contribution in [2.45, 2.75) is 38.2 Å². The molecule has 0 radical (unpaired) electrons. The maximum atomic E-state index is 14.7. The summed E-state index contributed by atoms with van der Waals surface area (Å²) in [4.78, 5) is 1.87. The summed E-state index contributed by atoms with van der Waals surface area (Å²) in [5.41, 5.74) is 4.66. The first-order valence-electron chi connectivity index (χ1n) is 8.81. The van der Waals surface area contributed by atoms with Crippen LogP contribution in [-0.2, 0) is 27.8 Å². The molecule has 26 heavy (non-hydrogen) atoms. The van der Waals surface area contributed by atoms with Crippen LogP contribution in [0.25, 0.3) is 0 Å². The van der Waals surface area contributed by atoms with E-state index >= 15 is 0 Å². The van der Waals surface area contributed by atoms with Crippen molar-refractivity contribution >= 4 is 15.5 Å². The third kappa shape index (κ3) is 3.98. The van der Waals surface area contributed by atoms with E-state index in [0.717, 1.165) is 28.8 Å². The molecule has 0 saturated carbocycles. The normalized spacial score (nSPS) is 14.4. The standard InChI is InChI=1S/C21H24FNO2S/c1-4-23-16(3)7-10-19-11-18(12-20(22)21(19)23)14-26(24,25)13-17-8-5-15(2)6-9-17/h5-6,8-9,11-12H,3-4,7,10,13-14H2,1-2H3. The summed E-state index contributed by atoms with van der Waals surface area (Å²) in [5.74, 6) is -0.562. The molecule has 0 amide bonds. The number of hydrogen-bond donors (Lipinski definition) is 0. The molecule has 2 aromatic carbocycles. The summed E-state index contributed by atoms with van der Waals surface area (Å²) in [7, 11) is -3.37. The van der Waals surface area contributed by atoms with Gasteiger partial charge in [-0.2, -0.15) is 0 Å². The molecule has 0 fully saturated rings. The van der Waals surface area contributed by atoms with E-state index in [9.17, 15) is 12.8 Å². The Balaban J connectivity index is 1.85. The summed E-state index contributed by atoms with van der Waals surface area (Å²) < 4.78 is 39.8. The van der Waals surface area contributed by atoms with E-state index in [1.807, 2.05) is 49.1 Å². The van der Waals surface area contributed by atoms with Gasteiger partial charge in [-0.3, -0.25) is 0 Å². The van der Waals surface area contributed by atoms with Crippen LogP contribution in [0, 0.1) is 12.7 Å². The third-order valence-electron chi connectivity index (χ3n) is 4.75. The lowest BCUT2D eigenvalue weighted by Gasteiger charge is -2.32. The molecule has 0 bridgehead atoms. The van der Waals surface area contributed by atoms with Gasteiger partial charge in [0.2, 0.25) is 0 Å². The zero-order chi connectivity index (χ0) is 18.9. The van der Waals surface area contributed by atoms with E-state index in [-0.39, 0.29) is 17.3 Å². The lowest BCUT2D eigenvalue weighted by atomic mass is 9.97. The zero-order valence-electron chi connectivity index (χ0n) is 15.3. The van der Waals surface area contributed by atoms with Crippen molar-refractivity contribution in [2.24, 2.45) is 0 Å². The SMILES string of the molecule is C=C1CCc2cc(CS(=O)(=O)Cc3ccc(C)cc3)cc(F)c2N1CC. The molecule has 1 aliphatic heterocycles. The van der Waals surface area contributed by atoms with Gasteiger partial charge in [0.15, 0.2) is 9.84 Å². The van der Waals surface area contributed by atoms with Crippen molar-refractivity contribution in [3.05, 3.63) is 76.7 Å². The van der Waals surface area contributed by atoms with Crippen LogP contribution in [0.2, 0.25) is 0 Å². The van der Waals surface area contributed by atoms with E-state index in [4.69, 9.17) is 0 Å². The van der Waals surface area contributed by atoms with E-state index in [0.29, 0.717) is 24.2 Å². The molecule has 2 aromatic rings. The smallest absolute Gasteiger partial charge is 0.158 e. The Bertz CT molecular complexity index is 933. The van der Waals surface area contributed by atoms with Crippen molar-refractivity contribution < 1.29 is 12.8 Å². The molecule has 3 nitrogen and oxygen atoms in total. The van der Waals surface area contributed by atoms with Gasteiger partial charge in [-0.05, 0) is 49.4 Å². The lowest BCUT2D eigenvalue weighted by Crippen LogP contribution is -2.28. The Labute approximate surface area is 155 Å². The van der Waals surface area contributed by atoms with Gasteiger partial charge < -0.3 is 4.90 Å². The van der Waals surface area contributed by atoms with Gasteiger partial charge in [-0.25, -0.2) is 12.8 Å². The van der Waals surface area contributed by atoms with Gasteiger partial charge >= 0.3 is 0 Å². The summed E-state index contributed by atoms with van der Waals surface area (Å²) in [5, 5.41) is 0. The van der Waals surface area contributed by atoms with Gasteiger partial charge in [0.25, 0.3) is 0 Å². The average Bonchev–Trinajstić information content (AvgIpc) is 2.57. The summed E-state index contributed by atoms with van der Waals surface area (Å²) in [6.45, 7) is 8.57. The van der Waals surface area contributed by atoms with Crippen LogP contribution in [0.1, 0.15) is 35.6 Å². The van der Waals surface area contributed by atoms with Crippen molar-refractivity contribution in [1.29, 1.82) is 0 Å². The Kier molecular flexibility index (Phi) is 5.19. The Hall–Kier alpha value is -2.14. The highest BCUT2D eigenvalue weighted by molar-refractivity contribution is 7.89. The van der Waals surface area contributed by atoms with Crippen LogP contribution in [0.4, 0.5) is 10.1 Å². The van der Waals surface area contributed by atoms with E-state index in [1.165, 1.54) is 6.07 Å². The van der Waals surface area contributed by atoms with Gasteiger partial charge in [0.1, 0.15) is 5.82 Å². The Morgan fingerprint density at radius 1 is 1.08 bits per heavy atom. The highest BCUT2D eigenvalue weighted by Crippen LogP contribution is 2.35. The number of aryl methyl sites for hydroxylation is 2. The monoisotopic (exact) mass is 373 g/mol. The lowest BCUT2D eigenvalue weighted by molar-refractivity contribution is 0.593. The van der Waals surface area contributed by atoms with Crippen molar-refractivity contribution in [2.75, 3.05) is 11.4 Å². The molecule has 1 aliphatic rings. The first-order chi connectivity index (χ1) is 12.3. The number of halogens is 1. The number of nitrogens with zero attached hydrogens (tertiary/aromatic N) is 1. The topological polar surface area (TPSA) is 37.4 Å². The van der Waals surface area contributed by atoms with Crippen LogP contribution in [0.15, 0.2) is 48.7 Å². The highest BCUT2D eigenvalue weighted by atomic mass is 32.2. The third-order valence-corrected chi connectivity index (χ3v) is 6.29. The van der Waals surface area contributed by atoms with Crippen LogP contribution in [-0.4, -0.2) is 15.0 Å². The second kappa shape index (κ2) is 7.23. The average molecular weight is 373 g/mol. The minimum absolute atomic E-state index is 0.0378. The number of sulfone groups is 1. The molecule has 0 atom stereocenters. The maximum Gasteiger partial charge on any atom is 0.158 e. The van der Waals surface area contributed by atoms with Gasteiger partial charge in [0, 0.05) is 12.2 Å².